The third-order valence-electron chi connectivity index (χ3n) is 4.93. The van der Waals surface area contributed by atoms with Crippen molar-refractivity contribution in [3.05, 3.63) is 36.2 Å². The molecule has 1 aliphatic heterocycles. The van der Waals surface area contributed by atoms with E-state index >= 15 is 0 Å². The Hall–Kier alpha value is -2.30. The van der Waals surface area contributed by atoms with Gasteiger partial charge in [0.2, 0.25) is 0 Å². The number of piperidine rings is 1. The molecule has 1 fully saturated rings. The van der Waals surface area contributed by atoms with Crippen LogP contribution in [0.2, 0.25) is 0 Å². The maximum absolute atomic E-state index is 4.45. The van der Waals surface area contributed by atoms with Crippen LogP contribution in [-0.2, 0) is 0 Å². The molecule has 2 aromatic rings. The summed E-state index contributed by atoms with van der Waals surface area (Å²) in [7, 11) is 0. The van der Waals surface area contributed by atoms with Gasteiger partial charge in [-0.25, -0.2) is 9.97 Å². The van der Waals surface area contributed by atoms with E-state index in [2.05, 4.69) is 70.1 Å². The number of nitrogens with zero attached hydrogens (tertiary/aromatic N) is 4. The highest BCUT2D eigenvalue weighted by Gasteiger charge is 2.13. The average Bonchev–Trinajstić information content (AvgIpc) is 2.66. The quantitative estimate of drug-likeness (QED) is 0.847. The molecule has 1 aliphatic rings. The van der Waals surface area contributed by atoms with Gasteiger partial charge in [0.05, 0.1) is 0 Å². The lowest BCUT2D eigenvalue weighted by Crippen LogP contribution is -2.30. The molecule has 0 unspecified atom stereocenters. The van der Waals surface area contributed by atoms with Crippen LogP contribution >= 0.6 is 0 Å². The Kier molecular flexibility index (Phi) is 5.74. The van der Waals surface area contributed by atoms with Crippen LogP contribution in [0.4, 0.5) is 23.0 Å². The largest absolute Gasteiger partial charge is 0.372 e. The van der Waals surface area contributed by atoms with E-state index in [0.29, 0.717) is 0 Å². The Balaban J connectivity index is 1.76. The second-order valence-electron chi connectivity index (χ2n) is 6.61. The third-order valence-corrected chi connectivity index (χ3v) is 4.93. The lowest BCUT2D eigenvalue weighted by Gasteiger charge is -2.27. The van der Waals surface area contributed by atoms with Crippen LogP contribution in [0.3, 0.4) is 0 Å². The van der Waals surface area contributed by atoms with Crippen molar-refractivity contribution in [2.75, 3.05) is 41.3 Å². The Morgan fingerprint density at radius 1 is 1.04 bits per heavy atom. The topological polar surface area (TPSA) is 44.3 Å². The minimum atomic E-state index is 0.856. The Morgan fingerprint density at radius 2 is 1.80 bits per heavy atom. The van der Waals surface area contributed by atoms with Gasteiger partial charge in [0.1, 0.15) is 18.0 Å². The highest BCUT2D eigenvalue weighted by molar-refractivity contribution is 5.66. The Labute approximate surface area is 151 Å². The van der Waals surface area contributed by atoms with E-state index in [1.54, 1.807) is 6.33 Å². The Bertz CT molecular complexity index is 690. The van der Waals surface area contributed by atoms with E-state index in [1.807, 2.05) is 0 Å². The van der Waals surface area contributed by atoms with Crippen LogP contribution in [0, 0.1) is 6.92 Å². The zero-order chi connectivity index (χ0) is 17.6. The molecule has 25 heavy (non-hydrogen) atoms. The van der Waals surface area contributed by atoms with Crippen molar-refractivity contribution in [2.24, 2.45) is 0 Å². The van der Waals surface area contributed by atoms with Gasteiger partial charge >= 0.3 is 0 Å². The summed E-state index contributed by atoms with van der Waals surface area (Å²) in [5, 5.41) is 3.46. The molecule has 0 amide bonds. The van der Waals surface area contributed by atoms with Gasteiger partial charge in [0.25, 0.3) is 0 Å². The molecular formula is C20H29N5. The molecule has 5 nitrogen and oxygen atoms in total. The van der Waals surface area contributed by atoms with Crippen molar-refractivity contribution >= 4 is 23.0 Å². The predicted molar refractivity (Wildman–Crippen MR) is 106 cm³/mol. The number of hydrogen-bond acceptors (Lipinski definition) is 5. The standard InChI is InChI=1S/C20H29N5/c1-4-24(5-2)17-9-10-18(16(3)13-17)23-19-14-20(22-15-21-19)25-11-7-6-8-12-25/h9-10,13-15H,4-8,11-12H2,1-3H3,(H,21,22,23). The zero-order valence-corrected chi connectivity index (χ0v) is 15.6. The molecule has 0 spiro atoms. The second-order valence-corrected chi connectivity index (χ2v) is 6.61. The lowest BCUT2D eigenvalue weighted by molar-refractivity contribution is 0.573. The van der Waals surface area contributed by atoms with Gasteiger partial charge < -0.3 is 15.1 Å². The molecule has 1 saturated heterocycles. The summed E-state index contributed by atoms with van der Waals surface area (Å²) < 4.78 is 0. The molecule has 1 aromatic carbocycles. The number of nitrogens with one attached hydrogen (secondary N) is 1. The number of hydrogen-bond donors (Lipinski definition) is 1. The average molecular weight is 339 g/mol. The predicted octanol–water partition coefficient (Wildman–Crippen LogP) is 4.37. The van der Waals surface area contributed by atoms with Crippen LogP contribution in [0.1, 0.15) is 38.7 Å². The molecule has 134 valence electrons. The number of rotatable bonds is 6. The van der Waals surface area contributed by atoms with E-state index in [4.69, 9.17) is 0 Å². The highest BCUT2D eigenvalue weighted by atomic mass is 15.2. The van der Waals surface area contributed by atoms with E-state index < -0.39 is 0 Å². The van der Waals surface area contributed by atoms with Gasteiger partial charge in [-0.3, -0.25) is 0 Å². The maximum atomic E-state index is 4.45. The van der Waals surface area contributed by atoms with Gasteiger partial charge in [0.15, 0.2) is 0 Å². The molecule has 0 aliphatic carbocycles. The van der Waals surface area contributed by atoms with Gasteiger partial charge in [0, 0.05) is 43.6 Å². The second kappa shape index (κ2) is 8.19. The monoisotopic (exact) mass is 339 g/mol. The fraction of sp³-hybridized carbons (Fsp3) is 0.500. The number of benzene rings is 1. The van der Waals surface area contributed by atoms with Gasteiger partial charge in [-0.15, -0.1) is 0 Å². The molecule has 0 radical (unpaired) electrons. The molecule has 0 bridgehead atoms. The third kappa shape index (κ3) is 4.21. The summed E-state index contributed by atoms with van der Waals surface area (Å²) in [6.45, 7) is 10.7. The molecule has 5 heteroatoms. The molecule has 2 heterocycles. The fourth-order valence-corrected chi connectivity index (χ4v) is 3.42. The summed E-state index contributed by atoms with van der Waals surface area (Å²) in [6, 6.07) is 8.62. The molecule has 0 atom stereocenters. The highest BCUT2D eigenvalue weighted by Crippen LogP contribution is 2.26. The summed E-state index contributed by atoms with van der Waals surface area (Å²) in [5.74, 6) is 1.88. The smallest absolute Gasteiger partial charge is 0.135 e. The Morgan fingerprint density at radius 3 is 2.48 bits per heavy atom. The van der Waals surface area contributed by atoms with E-state index in [9.17, 15) is 0 Å². The van der Waals surface area contributed by atoms with Gasteiger partial charge in [-0.05, 0) is 63.8 Å². The van der Waals surface area contributed by atoms with Crippen LogP contribution in [-0.4, -0.2) is 36.1 Å². The van der Waals surface area contributed by atoms with Crippen molar-refractivity contribution < 1.29 is 0 Å². The van der Waals surface area contributed by atoms with E-state index in [1.165, 1.54) is 30.5 Å². The number of aromatic nitrogens is 2. The molecular weight excluding hydrogens is 310 g/mol. The minimum absolute atomic E-state index is 0.856. The summed E-state index contributed by atoms with van der Waals surface area (Å²) >= 11 is 0. The van der Waals surface area contributed by atoms with Crippen molar-refractivity contribution in [1.82, 2.24) is 9.97 Å². The fourth-order valence-electron chi connectivity index (χ4n) is 3.42. The van der Waals surface area contributed by atoms with Gasteiger partial charge in [-0.1, -0.05) is 0 Å². The normalized spacial score (nSPS) is 14.4. The molecule has 3 rings (SSSR count). The minimum Gasteiger partial charge on any atom is -0.372 e. The first-order chi connectivity index (χ1) is 12.2. The van der Waals surface area contributed by atoms with Crippen LogP contribution in [0.15, 0.2) is 30.6 Å². The van der Waals surface area contributed by atoms with Crippen LogP contribution in [0.25, 0.3) is 0 Å². The van der Waals surface area contributed by atoms with Crippen molar-refractivity contribution in [3.8, 4) is 0 Å². The summed E-state index contributed by atoms with van der Waals surface area (Å²) in [5.41, 5.74) is 3.59. The summed E-state index contributed by atoms with van der Waals surface area (Å²) in [6.07, 6.45) is 5.48. The zero-order valence-electron chi connectivity index (χ0n) is 15.6. The van der Waals surface area contributed by atoms with Crippen LogP contribution < -0.4 is 15.1 Å². The SMILES string of the molecule is CCN(CC)c1ccc(Nc2cc(N3CCCCC3)ncn2)c(C)c1. The lowest BCUT2D eigenvalue weighted by atomic mass is 10.1. The number of aryl methyl sites for hydroxylation is 1. The molecule has 1 N–H and O–H groups in total. The first kappa shape index (κ1) is 17.5. The van der Waals surface area contributed by atoms with Crippen molar-refractivity contribution in [1.29, 1.82) is 0 Å². The van der Waals surface area contributed by atoms with Gasteiger partial charge in [-0.2, -0.15) is 0 Å². The summed E-state index contributed by atoms with van der Waals surface area (Å²) in [4.78, 5) is 13.6. The van der Waals surface area contributed by atoms with Crippen molar-refractivity contribution in [3.63, 3.8) is 0 Å². The van der Waals surface area contributed by atoms with E-state index in [-0.39, 0.29) is 0 Å². The molecule has 0 saturated carbocycles. The first-order valence-corrected chi connectivity index (χ1v) is 9.41. The van der Waals surface area contributed by atoms with Crippen LogP contribution in [0.5, 0.6) is 0 Å². The molecule has 1 aromatic heterocycles. The van der Waals surface area contributed by atoms with Crippen molar-refractivity contribution in [2.45, 2.75) is 40.0 Å². The first-order valence-electron chi connectivity index (χ1n) is 9.41. The maximum Gasteiger partial charge on any atom is 0.135 e. The van der Waals surface area contributed by atoms with E-state index in [0.717, 1.165) is 43.5 Å². The number of anilines is 4.